The normalized spacial score (nSPS) is 16.0. The fraction of sp³-hybridized carbons (Fsp3) is 0.357. The zero-order valence-electron chi connectivity index (χ0n) is 10.1. The zero-order chi connectivity index (χ0) is 12.9. The lowest BCUT2D eigenvalue weighted by atomic mass is 9.96. The van der Waals surface area contributed by atoms with Gasteiger partial charge in [0.1, 0.15) is 0 Å². The van der Waals surface area contributed by atoms with Crippen LogP contribution in [0.3, 0.4) is 0 Å². The number of nitrogens with two attached hydrogens (primary N) is 1. The Morgan fingerprint density at radius 2 is 2.06 bits per heavy atom. The van der Waals surface area contributed by atoms with Gasteiger partial charge >= 0.3 is 0 Å². The third-order valence-electron chi connectivity index (χ3n) is 3.58. The van der Waals surface area contributed by atoms with Crippen molar-refractivity contribution in [3.8, 4) is 0 Å². The van der Waals surface area contributed by atoms with Crippen LogP contribution < -0.4 is 5.73 Å². The number of hydrogen-bond donors (Lipinski definition) is 1. The predicted molar refractivity (Wildman–Crippen MR) is 76.4 cm³/mol. The summed E-state index contributed by atoms with van der Waals surface area (Å²) in [6, 6.07) is 3.79. The minimum atomic E-state index is -0.0143. The van der Waals surface area contributed by atoms with E-state index < -0.39 is 0 Å². The Morgan fingerprint density at radius 3 is 2.78 bits per heavy atom. The van der Waals surface area contributed by atoms with Crippen LogP contribution in [0.2, 0.25) is 10.0 Å². The van der Waals surface area contributed by atoms with Gasteiger partial charge in [-0.1, -0.05) is 29.3 Å². The van der Waals surface area contributed by atoms with Gasteiger partial charge in [-0.2, -0.15) is 0 Å². The third-order valence-corrected chi connectivity index (χ3v) is 4.37. The summed E-state index contributed by atoms with van der Waals surface area (Å²) in [7, 11) is 0. The van der Waals surface area contributed by atoms with Gasteiger partial charge in [-0.15, -0.1) is 0 Å². The van der Waals surface area contributed by atoms with Crippen molar-refractivity contribution in [2.45, 2.75) is 32.2 Å². The number of nitrogens with zero attached hydrogens (tertiary/aromatic N) is 1. The molecule has 1 aromatic heterocycles. The summed E-state index contributed by atoms with van der Waals surface area (Å²) in [6.45, 7) is 2.01. The first-order valence-electron chi connectivity index (χ1n) is 6.14. The smallest absolute Gasteiger partial charge is 0.0910 e. The average molecular weight is 281 g/mol. The second-order valence-electron chi connectivity index (χ2n) is 4.85. The summed E-state index contributed by atoms with van der Waals surface area (Å²) in [5.74, 6) is 0. The summed E-state index contributed by atoms with van der Waals surface area (Å²) in [5.41, 5.74) is 10.6. The molecule has 4 heteroatoms. The molecule has 0 amide bonds. The van der Waals surface area contributed by atoms with E-state index in [9.17, 15) is 0 Å². The van der Waals surface area contributed by atoms with E-state index in [1.807, 2.05) is 19.1 Å². The lowest BCUT2D eigenvalue weighted by Crippen LogP contribution is -2.10. The highest BCUT2D eigenvalue weighted by molar-refractivity contribution is 6.45. The molecular formula is C14H14Cl2N2. The first-order valence-corrected chi connectivity index (χ1v) is 6.90. The van der Waals surface area contributed by atoms with Crippen LogP contribution in [0.5, 0.6) is 0 Å². The molecule has 0 saturated heterocycles. The van der Waals surface area contributed by atoms with Gasteiger partial charge in [0.05, 0.1) is 15.6 Å². The molecule has 1 atom stereocenters. The first-order chi connectivity index (χ1) is 8.59. The summed E-state index contributed by atoms with van der Waals surface area (Å²) in [5, 5.41) is 2.12. The van der Waals surface area contributed by atoms with Crippen LogP contribution in [-0.4, -0.2) is 4.98 Å². The molecule has 1 aliphatic rings. The molecule has 0 fully saturated rings. The van der Waals surface area contributed by atoms with E-state index in [1.54, 1.807) is 0 Å². The van der Waals surface area contributed by atoms with Crippen LogP contribution in [0.1, 0.15) is 36.2 Å². The van der Waals surface area contributed by atoms with Crippen molar-refractivity contribution in [2.24, 2.45) is 5.73 Å². The summed E-state index contributed by atoms with van der Waals surface area (Å²) >= 11 is 12.3. The highest BCUT2D eigenvalue weighted by Crippen LogP contribution is 2.37. The van der Waals surface area contributed by atoms with Crippen molar-refractivity contribution >= 4 is 34.1 Å². The Kier molecular flexibility index (Phi) is 2.97. The maximum Gasteiger partial charge on any atom is 0.0910 e. The Hall–Kier alpha value is -0.830. The van der Waals surface area contributed by atoms with Crippen molar-refractivity contribution in [3.05, 3.63) is 39.0 Å². The van der Waals surface area contributed by atoms with E-state index in [1.165, 1.54) is 11.1 Å². The van der Waals surface area contributed by atoms with Crippen molar-refractivity contribution in [1.29, 1.82) is 0 Å². The quantitative estimate of drug-likeness (QED) is 0.856. The maximum absolute atomic E-state index is 6.27. The second-order valence-corrected chi connectivity index (χ2v) is 5.64. The van der Waals surface area contributed by atoms with E-state index in [2.05, 4.69) is 4.98 Å². The second kappa shape index (κ2) is 4.37. The van der Waals surface area contributed by atoms with Gasteiger partial charge in [0.2, 0.25) is 0 Å². The number of benzene rings is 1. The molecule has 3 rings (SSSR count). The van der Waals surface area contributed by atoms with Crippen molar-refractivity contribution in [3.63, 3.8) is 0 Å². The van der Waals surface area contributed by atoms with Gasteiger partial charge in [0.25, 0.3) is 0 Å². The van der Waals surface area contributed by atoms with E-state index in [0.29, 0.717) is 10.0 Å². The molecule has 2 nitrogen and oxygen atoms in total. The van der Waals surface area contributed by atoms with Gasteiger partial charge in [0.15, 0.2) is 0 Å². The van der Waals surface area contributed by atoms with Gasteiger partial charge in [0, 0.05) is 17.1 Å². The van der Waals surface area contributed by atoms with E-state index in [0.717, 1.165) is 35.9 Å². The van der Waals surface area contributed by atoms with E-state index in [4.69, 9.17) is 28.9 Å². The van der Waals surface area contributed by atoms with Gasteiger partial charge in [-0.05, 0) is 43.4 Å². The molecule has 1 heterocycles. The Morgan fingerprint density at radius 1 is 1.28 bits per heavy atom. The number of hydrogen-bond acceptors (Lipinski definition) is 2. The molecule has 0 aliphatic heterocycles. The topological polar surface area (TPSA) is 38.9 Å². The van der Waals surface area contributed by atoms with Crippen molar-refractivity contribution < 1.29 is 0 Å². The standard InChI is InChI=1S/C14H14Cl2N2/c1-7(17)12-8-3-2-4-11(8)18-14-9(12)5-6-10(15)13(14)16/h5-7H,2-4,17H2,1H3. The largest absolute Gasteiger partial charge is 0.324 e. The Bertz CT molecular complexity index is 635. The number of rotatable bonds is 1. The van der Waals surface area contributed by atoms with Crippen LogP contribution in [0.25, 0.3) is 10.9 Å². The molecule has 94 valence electrons. The van der Waals surface area contributed by atoms with Gasteiger partial charge in [-0.3, -0.25) is 4.98 Å². The monoisotopic (exact) mass is 280 g/mol. The fourth-order valence-electron chi connectivity index (χ4n) is 2.83. The van der Waals surface area contributed by atoms with Crippen LogP contribution >= 0.6 is 23.2 Å². The third kappa shape index (κ3) is 1.71. The van der Waals surface area contributed by atoms with Crippen LogP contribution in [0.4, 0.5) is 0 Å². The number of aromatic nitrogens is 1. The zero-order valence-corrected chi connectivity index (χ0v) is 11.6. The maximum atomic E-state index is 6.27. The van der Waals surface area contributed by atoms with Crippen LogP contribution in [0.15, 0.2) is 12.1 Å². The molecule has 0 saturated carbocycles. The SMILES string of the molecule is CC(N)c1c2c(nc3c(Cl)c(Cl)ccc13)CCC2. The number of fused-ring (bicyclic) bond motifs is 2. The molecule has 2 aromatic rings. The molecule has 1 aliphatic carbocycles. The molecule has 1 unspecified atom stereocenters. The molecule has 0 radical (unpaired) electrons. The van der Waals surface area contributed by atoms with E-state index in [-0.39, 0.29) is 6.04 Å². The van der Waals surface area contributed by atoms with Gasteiger partial charge in [-0.25, -0.2) is 0 Å². The number of pyridine rings is 1. The van der Waals surface area contributed by atoms with Crippen molar-refractivity contribution in [1.82, 2.24) is 4.98 Å². The lowest BCUT2D eigenvalue weighted by Gasteiger charge is -2.16. The van der Waals surface area contributed by atoms with Gasteiger partial charge < -0.3 is 5.73 Å². The Balaban J connectivity index is 2.45. The predicted octanol–water partition coefficient (Wildman–Crippen LogP) is 4.05. The molecule has 0 bridgehead atoms. The minimum absolute atomic E-state index is 0.0143. The molecular weight excluding hydrogens is 267 g/mol. The van der Waals surface area contributed by atoms with Crippen molar-refractivity contribution in [2.75, 3.05) is 0 Å². The molecule has 2 N–H and O–H groups in total. The average Bonchev–Trinajstić information content (AvgIpc) is 2.79. The molecule has 0 spiro atoms. The first kappa shape index (κ1) is 12.2. The minimum Gasteiger partial charge on any atom is -0.324 e. The molecule has 18 heavy (non-hydrogen) atoms. The summed E-state index contributed by atoms with van der Waals surface area (Å²) in [4.78, 5) is 4.69. The highest BCUT2D eigenvalue weighted by atomic mass is 35.5. The van der Waals surface area contributed by atoms with E-state index >= 15 is 0 Å². The summed E-state index contributed by atoms with van der Waals surface area (Å²) < 4.78 is 0. The highest BCUT2D eigenvalue weighted by Gasteiger charge is 2.22. The summed E-state index contributed by atoms with van der Waals surface area (Å²) in [6.07, 6.45) is 3.22. The fourth-order valence-corrected chi connectivity index (χ4v) is 3.19. The molecule has 1 aromatic carbocycles. The Labute approximate surface area is 116 Å². The van der Waals surface area contributed by atoms with Crippen LogP contribution in [0, 0.1) is 0 Å². The van der Waals surface area contributed by atoms with Crippen LogP contribution in [-0.2, 0) is 12.8 Å². The number of halogens is 2. The lowest BCUT2D eigenvalue weighted by molar-refractivity contribution is 0.806. The number of aryl methyl sites for hydroxylation is 1.